The lowest BCUT2D eigenvalue weighted by Gasteiger charge is -2.44. The number of benzene rings is 2. The van der Waals surface area contributed by atoms with Crippen LogP contribution in [0.5, 0.6) is 0 Å². The fraction of sp³-hybridized carbons (Fsp3) is 0.409. The van der Waals surface area contributed by atoms with Crippen LogP contribution in [0.25, 0.3) is 0 Å². The number of ether oxygens (including phenoxy) is 1. The van der Waals surface area contributed by atoms with E-state index in [1.165, 1.54) is 4.90 Å². The molecule has 2 bridgehead atoms. The number of aliphatic hydroxyl groups is 1. The maximum Gasteiger partial charge on any atom is 0.416 e. The van der Waals surface area contributed by atoms with Gasteiger partial charge in [0.05, 0.1) is 11.2 Å². The van der Waals surface area contributed by atoms with Gasteiger partial charge in [-0.25, -0.2) is 9.18 Å². The minimum atomic E-state index is -4.79. The van der Waals surface area contributed by atoms with Crippen molar-refractivity contribution in [3.05, 3.63) is 71.0 Å². The van der Waals surface area contributed by atoms with Crippen LogP contribution in [0.15, 0.2) is 48.5 Å². The number of halogens is 4. The zero-order valence-corrected chi connectivity index (χ0v) is 16.0. The first-order chi connectivity index (χ1) is 14.2. The van der Waals surface area contributed by atoms with E-state index in [0.717, 1.165) is 17.7 Å². The fourth-order valence-corrected chi connectivity index (χ4v) is 4.69. The van der Waals surface area contributed by atoms with E-state index in [4.69, 9.17) is 4.74 Å². The maximum absolute atomic E-state index is 13.5. The molecule has 2 fully saturated rings. The summed E-state index contributed by atoms with van der Waals surface area (Å²) in [5.41, 5.74) is -2.48. The van der Waals surface area contributed by atoms with Crippen LogP contribution in [-0.2, 0) is 23.1 Å². The number of piperidine rings is 1. The van der Waals surface area contributed by atoms with Gasteiger partial charge < -0.3 is 14.7 Å². The van der Waals surface area contributed by atoms with Crippen LogP contribution in [-0.4, -0.2) is 28.2 Å². The zero-order chi connectivity index (χ0) is 21.5. The Balaban J connectivity index is 1.53. The number of fused-ring (bicyclic) bond motifs is 2. The van der Waals surface area contributed by atoms with Gasteiger partial charge in [0.15, 0.2) is 0 Å². The molecule has 2 aliphatic heterocycles. The van der Waals surface area contributed by atoms with Crippen LogP contribution in [0.2, 0.25) is 0 Å². The molecule has 4 nitrogen and oxygen atoms in total. The SMILES string of the molecule is O=C(OCc1ccccc1)N1C2CCC1CC(O)(c1ccc(F)cc1C(F)(F)F)C2. The van der Waals surface area contributed by atoms with Crippen molar-refractivity contribution in [2.45, 2.75) is 56.2 Å². The fourth-order valence-electron chi connectivity index (χ4n) is 4.69. The number of carbonyl (C=O) groups excluding carboxylic acids is 1. The first-order valence-corrected chi connectivity index (χ1v) is 9.76. The van der Waals surface area contributed by atoms with E-state index in [-0.39, 0.29) is 25.0 Å². The van der Waals surface area contributed by atoms with E-state index in [1.807, 2.05) is 30.3 Å². The predicted molar refractivity (Wildman–Crippen MR) is 99.8 cm³/mol. The molecule has 2 aromatic carbocycles. The van der Waals surface area contributed by atoms with Gasteiger partial charge in [-0.3, -0.25) is 0 Å². The number of nitrogens with zero attached hydrogens (tertiary/aromatic N) is 1. The van der Waals surface area contributed by atoms with Crippen molar-refractivity contribution in [3.8, 4) is 0 Å². The van der Waals surface area contributed by atoms with Crippen molar-refractivity contribution in [1.29, 1.82) is 0 Å². The smallest absolute Gasteiger partial charge is 0.416 e. The van der Waals surface area contributed by atoms with Gasteiger partial charge in [-0.1, -0.05) is 36.4 Å². The van der Waals surface area contributed by atoms with Gasteiger partial charge in [0.25, 0.3) is 0 Å². The lowest BCUT2D eigenvalue weighted by Crippen LogP contribution is -2.52. The number of amides is 1. The molecule has 8 heteroatoms. The molecule has 0 aromatic heterocycles. The molecule has 0 spiro atoms. The molecule has 4 rings (SSSR count). The van der Waals surface area contributed by atoms with Gasteiger partial charge in [0.1, 0.15) is 12.4 Å². The summed E-state index contributed by atoms with van der Waals surface area (Å²) in [5.74, 6) is -1.01. The highest BCUT2D eigenvalue weighted by Crippen LogP contribution is 2.49. The molecule has 2 atom stereocenters. The third-order valence-electron chi connectivity index (χ3n) is 5.97. The molecular weight excluding hydrogens is 402 g/mol. The lowest BCUT2D eigenvalue weighted by molar-refractivity contribution is -0.142. The molecule has 0 radical (unpaired) electrons. The van der Waals surface area contributed by atoms with Crippen molar-refractivity contribution in [2.75, 3.05) is 0 Å². The lowest BCUT2D eigenvalue weighted by atomic mass is 9.78. The summed E-state index contributed by atoms with van der Waals surface area (Å²) in [6.45, 7) is 0.0933. The molecule has 1 N–H and O–H groups in total. The van der Waals surface area contributed by atoms with Gasteiger partial charge >= 0.3 is 12.3 Å². The standard InChI is InChI=1S/C22H21F4NO3/c23-15-6-9-18(19(10-15)22(24,25)26)21(29)11-16-7-8-17(12-21)27(16)20(28)30-13-14-4-2-1-3-5-14/h1-6,9-10,16-17,29H,7-8,11-13H2. The molecule has 0 aliphatic carbocycles. The van der Waals surface area contributed by atoms with Gasteiger partial charge in [0.2, 0.25) is 0 Å². The zero-order valence-electron chi connectivity index (χ0n) is 16.0. The summed E-state index contributed by atoms with van der Waals surface area (Å²) in [6.07, 6.45) is -4.31. The molecule has 30 heavy (non-hydrogen) atoms. The van der Waals surface area contributed by atoms with Gasteiger partial charge in [0, 0.05) is 24.9 Å². The van der Waals surface area contributed by atoms with Crippen LogP contribution < -0.4 is 0 Å². The number of alkyl halides is 3. The predicted octanol–water partition coefficient (Wildman–Crippen LogP) is 5.00. The Hall–Kier alpha value is -2.61. The molecule has 2 aliphatic rings. The average Bonchev–Trinajstić information content (AvgIpc) is 2.98. The summed E-state index contributed by atoms with van der Waals surface area (Å²) < 4.78 is 59.3. The first-order valence-electron chi connectivity index (χ1n) is 9.76. The van der Waals surface area contributed by atoms with Gasteiger partial charge in [-0.2, -0.15) is 13.2 Å². The Labute approximate surface area is 171 Å². The summed E-state index contributed by atoms with van der Waals surface area (Å²) in [6, 6.07) is 10.6. The molecule has 2 heterocycles. The molecule has 2 unspecified atom stereocenters. The Morgan fingerprint density at radius 2 is 1.73 bits per heavy atom. The highest BCUT2D eigenvalue weighted by Gasteiger charge is 2.52. The third kappa shape index (κ3) is 3.88. The Kier molecular flexibility index (Phi) is 5.22. The van der Waals surface area contributed by atoms with E-state index in [1.54, 1.807) is 0 Å². The molecule has 1 amide bonds. The quantitative estimate of drug-likeness (QED) is 0.708. The van der Waals surface area contributed by atoms with Crippen LogP contribution in [0.1, 0.15) is 42.4 Å². The summed E-state index contributed by atoms with van der Waals surface area (Å²) in [5, 5.41) is 11.2. The highest BCUT2D eigenvalue weighted by atomic mass is 19.4. The highest BCUT2D eigenvalue weighted by molar-refractivity contribution is 5.69. The molecule has 2 saturated heterocycles. The van der Waals surface area contributed by atoms with Crippen LogP contribution >= 0.6 is 0 Å². The summed E-state index contributed by atoms with van der Waals surface area (Å²) >= 11 is 0. The van der Waals surface area contributed by atoms with Crippen molar-refractivity contribution < 1.29 is 32.2 Å². The number of rotatable bonds is 3. The van der Waals surface area contributed by atoms with Gasteiger partial charge in [-0.05, 0) is 36.1 Å². The molecule has 160 valence electrons. The number of carbonyl (C=O) groups is 1. The van der Waals surface area contributed by atoms with Crippen LogP contribution in [0.3, 0.4) is 0 Å². The third-order valence-corrected chi connectivity index (χ3v) is 5.97. The monoisotopic (exact) mass is 423 g/mol. The van der Waals surface area contributed by atoms with E-state index in [9.17, 15) is 27.5 Å². The van der Waals surface area contributed by atoms with Crippen molar-refractivity contribution >= 4 is 6.09 Å². The number of hydrogen-bond donors (Lipinski definition) is 1. The second-order valence-electron chi connectivity index (χ2n) is 7.96. The summed E-state index contributed by atoms with van der Waals surface area (Å²) in [7, 11) is 0. The van der Waals surface area contributed by atoms with Crippen molar-refractivity contribution in [3.63, 3.8) is 0 Å². The van der Waals surface area contributed by atoms with E-state index in [0.29, 0.717) is 18.9 Å². The minimum Gasteiger partial charge on any atom is -0.445 e. The van der Waals surface area contributed by atoms with Crippen LogP contribution in [0.4, 0.5) is 22.4 Å². The topological polar surface area (TPSA) is 49.8 Å². The first kappa shape index (κ1) is 20.7. The Morgan fingerprint density at radius 1 is 1.10 bits per heavy atom. The molecule has 2 aromatic rings. The largest absolute Gasteiger partial charge is 0.445 e. The molecule has 0 saturated carbocycles. The molecular formula is C22H21F4NO3. The van der Waals surface area contributed by atoms with Gasteiger partial charge in [-0.15, -0.1) is 0 Å². The Bertz CT molecular complexity index is 918. The van der Waals surface area contributed by atoms with E-state index in [2.05, 4.69) is 0 Å². The van der Waals surface area contributed by atoms with Crippen LogP contribution in [0, 0.1) is 5.82 Å². The van der Waals surface area contributed by atoms with E-state index < -0.39 is 41.3 Å². The van der Waals surface area contributed by atoms with Crippen molar-refractivity contribution in [2.24, 2.45) is 0 Å². The summed E-state index contributed by atoms with van der Waals surface area (Å²) in [4.78, 5) is 14.2. The maximum atomic E-state index is 13.5. The minimum absolute atomic E-state index is 0.0569. The normalized spacial score (nSPS) is 26.0. The van der Waals surface area contributed by atoms with E-state index >= 15 is 0 Å². The Morgan fingerprint density at radius 3 is 2.33 bits per heavy atom. The average molecular weight is 423 g/mol. The second kappa shape index (κ2) is 7.58. The second-order valence-corrected chi connectivity index (χ2v) is 7.96. The number of hydrogen-bond acceptors (Lipinski definition) is 3. The van der Waals surface area contributed by atoms with Crippen molar-refractivity contribution in [1.82, 2.24) is 4.90 Å².